The molecule has 5 heteroatoms. The van der Waals surface area contributed by atoms with Crippen LogP contribution in [0.3, 0.4) is 0 Å². The summed E-state index contributed by atoms with van der Waals surface area (Å²) in [5.41, 5.74) is 2.29. The zero-order valence-electron chi connectivity index (χ0n) is 11.1. The minimum atomic E-state index is -1.03. The normalized spacial score (nSPS) is 15.6. The maximum Gasteiger partial charge on any atom is 0.305 e. The number of nitrogens with zero attached hydrogens (tertiary/aromatic N) is 1. The predicted octanol–water partition coefficient (Wildman–Crippen LogP) is 1.76. The number of rotatable bonds is 3. The number of carboxylic acid groups (broad SMARTS) is 1. The molecule has 1 atom stereocenters. The number of aliphatic carboxylic acids is 1. The number of amides is 2. The standard InChI is InChI=1S/C14H15NO4/c1-7-4-5-8(2)12-11(7)13(18)15(14(12)19)9(3)6-10(16)17/h4-5,9H,6H2,1-3H3,(H,16,17). The summed E-state index contributed by atoms with van der Waals surface area (Å²) in [6.45, 7) is 5.12. The zero-order chi connectivity index (χ0) is 14.3. The van der Waals surface area contributed by atoms with E-state index in [2.05, 4.69) is 0 Å². The molecule has 1 aliphatic rings. The Morgan fingerprint density at radius 1 is 1.16 bits per heavy atom. The van der Waals surface area contributed by atoms with Gasteiger partial charge in [0.25, 0.3) is 11.8 Å². The fourth-order valence-corrected chi connectivity index (χ4v) is 2.44. The number of imide groups is 1. The highest BCUT2D eigenvalue weighted by Gasteiger charge is 2.40. The monoisotopic (exact) mass is 261 g/mol. The van der Waals surface area contributed by atoms with Crippen LogP contribution in [0.15, 0.2) is 12.1 Å². The zero-order valence-corrected chi connectivity index (χ0v) is 11.1. The van der Waals surface area contributed by atoms with E-state index >= 15 is 0 Å². The van der Waals surface area contributed by atoms with Gasteiger partial charge in [0.2, 0.25) is 0 Å². The summed E-state index contributed by atoms with van der Waals surface area (Å²) < 4.78 is 0. The second-order valence-electron chi connectivity index (χ2n) is 4.88. The lowest BCUT2D eigenvalue weighted by atomic mass is 9.99. The van der Waals surface area contributed by atoms with Gasteiger partial charge in [-0.15, -0.1) is 0 Å². The summed E-state index contributed by atoms with van der Waals surface area (Å²) >= 11 is 0. The van der Waals surface area contributed by atoms with E-state index in [4.69, 9.17) is 5.11 Å². The van der Waals surface area contributed by atoms with Crippen molar-refractivity contribution in [2.75, 3.05) is 0 Å². The number of carbonyl (C=O) groups is 3. The summed E-state index contributed by atoms with van der Waals surface area (Å²) in [5.74, 6) is -1.82. The quantitative estimate of drug-likeness (QED) is 0.841. The molecule has 100 valence electrons. The molecule has 2 amide bonds. The summed E-state index contributed by atoms with van der Waals surface area (Å²) in [6, 6.07) is 2.94. The van der Waals surface area contributed by atoms with Crippen LogP contribution in [0.2, 0.25) is 0 Å². The van der Waals surface area contributed by atoms with Gasteiger partial charge in [0, 0.05) is 6.04 Å². The Kier molecular flexibility index (Phi) is 3.14. The fourth-order valence-electron chi connectivity index (χ4n) is 2.44. The van der Waals surface area contributed by atoms with E-state index in [-0.39, 0.29) is 6.42 Å². The van der Waals surface area contributed by atoms with Crippen molar-refractivity contribution in [1.82, 2.24) is 4.90 Å². The molecule has 1 unspecified atom stereocenters. The summed E-state index contributed by atoms with van der Waals surface area (Å²) in [4.78, 5) is 36.4. The highest BCUT2D eigenvalue weighted by molar-refractivity contribution is 6.22. The highest BCUT2D eigenvalue weighted by atomic mass is 16.4. The molecular formula is C14H15NO4. The molecule has 1 heterocycles. The number of carbonyl (C=O) groups excluding carboxylic acids is 2. The molecule has 1 aromatic carbocycles. The first-order chi connectivity index (χ1) is 8.84. The molecule has 0 aromatic heterocycles. The van der Waals surface area contributed by atoms with Crippen LogP contribution in [-0.2, 0) is 4.79 Å². The molecule has 0 aliphatic carbocycles. The van der Waals surface area contributed by atoms with E-state index in [0.29, 0.717) is 11.1 Å². The molecule has 0 saturated heterocycles. The summed E-state index contributed by atoms with van der Waals surface area (Å²) in [7, 11) is 0. The Balaban J connectivity index is 2.48. The molecule has 2 rings (SSSR count). The van der Waals surface area contributed by atoms with Crippen LogP contribution in [-0.4, -0.2) is 33.8 Å². The molecule has 0 saturated carbocycles. The Bertz CT molecular complexity index is 550. The van der Waals surface area contributed by atoms with Gasteiger partial charge in [-0.1, -0.05) is 12.1 Å². The van der Waals surface area contributed by atoms with Crippen LogP contribution in [0.4, 0.5) is 0 Å². The van der Waals surface area contributed by atoms with Crippen molar-refractivity contribution in [2.24, 2.45) is 0 Å². The van der Waals surface area contributed by atoms with Gasteiger partial charge in [0.1, 0.15) is 0 Å². The van der Waals surface area contributed by atoms with Crippen molar-refractivity contribution in [3.05, 3.63) is 34.4 Å². The SMILES string of the molecule is Cc1ccc(C)c2c1C(=O)N(C(C)CC(=O)O)C2=O. The second-order valence-corrected chi connectivity index (χ2v) is 4.88. The number of fused-ring (bicyclic) bond motifs is 1. The molecule has 0 fully saturated rings. The molecule has 1 N–H and O–H groups in total. The lowest BCUT2D eigenvalue weighted by Crippen LogP contribution is -2.39. The smallest absolute Gasteiger partial charge is 0.305 e. The van der Waals surface area contributed by atoms with E-state index in [1.165, 1.54) is 0 Å². The topological polar surface area (TPSA) is 74.7 Å². The number of hydrogen-bond acceptors (Lipinski definition) is 3. The van der Waals surface area contributed by atoms with Crippen LogP contribution in [0.1, 0.15) is 45.2 Å². The maximum atomic E-state index is 12.3. The number of benzene rings is 1. The molecule has 0 spiro atoms. The number of hydrogen-bond donors (Lipinski definition) is 1. The Morgan fingerprint density at radius 3 is 1.95 bits per heavy atom. The molecular weight excluding hydrogens is 246 g/mol. The number of carboxylic acids is 1. The lowest BCUT2D eigenvalue weighted by Gasteiger charge is -2.20. The summed E-state index contributed by atoms with van der Waals surface area (Å²) in [5, 5.41) is 8.79. The van der Waals surface area contributed by atoms with Gasteiger partial charge >= 0.3 is 5.97 Å². The van der Waals surface area contributed by atoms with Crippen LogP contribution < -0.4 is 0 Å². The first-order valence-electron chi connectivity index (χ1n) is 6.04. The van der Waals surface area contributed by atoms with Crippen molar-refractivity contribution < 1.29 is 19.5 Å². The van der Waals surface area contributed by atoms with Gasteiger partial charge in [-0.05, 0) is 31.9 Å². The number of aryl methyl sites for hydroxylation is 2. The van der Waals surface area contributed by atoms with Crippen LogP contribution in [0, 0.1) is 13.8 Å². The van der Waals surface area contributed by atoms with Gasteiger partial charge in [-0.25, -0.2) is 0 Å². The van der Waals surface area contributed by atoms with Crippen LogP contribution in [0.5, 0.6) is 0 Å². The minimum absolute atomic E-state index is 0.246. The third kappa shape index (κ3) is 2.01. The van der Waals surface area contributed by atoms with E-state index in [9.17, 15) is 14.4 Å². The van der Waals surface area contributed by atoms with E-state index in [1.807, 2.05) is 0 Å². The molecule has 0 radical (unpaired) electrons. The third-order valence-corrected chi connectivity index (χ3v) is 3.40. The van der Waals surface area contributed by atoms with E-state index in [1.54, 1.807) is 32.9 Å². The molecule has 0 bridgehead atoms. The Labute approximate surface area is 110 Å². The van der Waals surface area contributed by atoms with Gasteiger partial charge in [0.15, 0.2) is 0 Å². The van der Waals surface area contributed by atoms with E-state index < -0.39 is 23.8 Å². The predicted molar refractivity (Wildman–Crippen MR) is 68.1 cm³/mol. The van der Waals surface area contributed by atoms with Crippen molar-refractivity contribution >= 4 is 17.8 Å². The van der Waals surface area contributed by atoms with Gasteiger partial charge in [-0.2, -0.15) is 0 Å². The first-order valence-corrected chi connectivity index (χ1v) is 6.04. The van der Waals surface area contributed by atoms with E-state index in [0.717, 1.165) is 16.0 Å². The average Bonchev–Trinajstić information content (AvgIpc) is 2.56. The molecule has 1 aromatic rings. The lowest BCUT2D eigenvalue weighted by molar-refractivity contribution is -0.137. The third-order valence-electron chi connectivity index (χ3n) is 3.40. The minimum Gasteiger partial charge on any atom is -0.481 e. The molecule has 5 nitrogen and oxygen atoms in total. The first kappa shape index (κ1) is 13.3. The van der Waals surface area contributed by atoms with Crippen molar-refractivity contribution in [2.45, 2.75) is 33.2 Å². The van der Waals surface area contributed by atoms with Crippen molar-refractivity contribution in [3.8, 4) is 0 Å². The Morgan fingerprint density at radius 2 is 1.58 bits per heavy atom. The van der Waals surface area contributed by atoms with Crippen molar-refractivity contribution in [1.29, 1.82) is 0 Å². The van der Waals surface area contributed by atoms with Crippen LogP contribution in [0.25, 0.3) is 0 Å². The Hall–Kier alpha value is -2.17. The fraction of sp³-hybridized carbons (Fsp3) is 0.357. The summed E-state index contributed by atoms with van der Waals surface area (Å²) in [6.07, 6.45) is -0.246. The molecule has 1 aliphatic heterocycles. The van der Waals surface area contributed by atoms with Gasteiger partial charge < -0.3 is 5.11 Å². The average molecular weight is 261 g/mol. The molecule has 19 heavy (non-hydrogen) atoms. The van der Waals surface area contributed by atoms with Crippen molar-refractivity contribution in [3.63, 3.8) is 0 Å². The van der Waals surface area contributed by atoms with Crippen LogP contribution >= 0.6 is 0 Å². The second kappa shape index (κ2) is 4.50. The highest BCUT2D eigenvalue weighted by Crippen LogP contribution is 2.30. The largest absolute Gasteiger partial charge is 0.481 e. The van der Waals surface area contributed by atoms with Gasteiger partial charge in [-0.3, -0.25) is 19.3 Å². The maximum absolute atomic E-state index is 12.3. The van der Waals surface area contributed by atoms with Gasteiger partial charge in [0.05, 0.1) is 17.5 Å².